The van der Waals surface area contributed by atoms with E-state index in [1.165, 1.54) is 11.3 Å². The van der Waals surface area contributed by atoms with Gasteiger partial charge in [0.15, 0.2) is 11.5 Å². The molecule has 230 valence electrons. The molecular weight excluding hydrogens is 552 g/mol. The highest BCUT2D eigenvalue weighted by atomic mass is 16.3. The van der Waals surface area contributed by atoms with Crippen molar-refractivity contribution in [3.8, 4) is 5.82 Å². The first-order valence-electron chi connectivity index (χ1n) is 15.7. The van der Waals surface area contributed by atoms with Crippen LogP contribution in [0.4, 0.5) is 17.3 Å². The SMILES string of the molecule is C=CCn1c(=O)c2cnc(Nc3ccc(N4CCC(N(C)C)CC4)c(C)c3)nc2n1-c1ccc2c(n1)[C@@](C)(O)C1(CC2)CC1. The Labute approximate surface area is 258 Å². The Morgan fingerprint density at radius 3 is 2.59 bits per heavy atom. The Hall–Kier alpha value is -4.02. The third kappa shape index (κ3) is 4.62. The van der Waals surface area contributed by atoms with Crippen molar-refractivity contribution in [2.24, 2.45) is 5.41 Å². The molecule has 0 unspecified atom stereocenters. The van der Waals surface area contributed by atoms with Crippen molar-refractivity contribution < 1.29 is 5.11 Å². The van der Waals surface area contributed by atoms with Crippen molar-refractivity contribution in [3.63, 3.8) is 0 Å². The molecule has 2 aliphatic carbocycles. The summed E-state index contributed by atoms with van der Waals surface area (Å²) in [6.07, 6.45) is 9.47. The topological polar surface area (TPSA) is 104 Å². The minimum absolute atomic E-state index is 0.0965. The Morgan fingerprint density at radius 2 is 1.91 bits per heavy atom. The number of hydrogen-bond acceptors (Lipinski definition) is 8. The van der Waals surface area contributed by atoms with E-state index in [4.69, 9.17) is 9.97 Å². The Kier molecular flexibility index (Phi) is 6.89. The number of benzene rings is 1. The second-order valence-corrected chi connectivity index (χ2v) is 13.3. The van der Waals surface area contributed by atoms with E-state index < -0.39 is 5.60 Å². The number of nitrogens with one attached hydrogen (secondary N) is 1. The lowest BCUT2D eigenvalue weighted by molar-refractivity contribution is -0.0371. The van der Waals surface area contributed by atoms with Crippen LogP contribution in [0.2, 0.25) is 0 Å². The van der Waals surface area contributed by atoms with E-state index in [2.05, 4.69) is 65.9 Å². The molecule has 1 saturated carbocycles. The van der Waals surface area contributed by atoms with Crippen LogP contribution in [0.1, 0.15) is 55.8 Å². The lowest BCUT2D eigenvalue weighted by Gasteiger charge is -2.38. The van der Waals surface area contributed by atoms with Gasteiger partial charge in [0.25, 0.3) is 5.56 Å². The Bertz CT molecular complexity index is 1810. The van der Waals surface area contributed by atoms with Crippen LogP contribution in [0.5, 0.6) is 0 Å². The van der Waals surface area contributed by atoms with Gasteiger partial charge in [-0.3, -0.25) is 4.79 Å². The monoisotopic (exact) mass is 594 g/mol. The first kappa shape index (κ1) is 28.7. The number of aliphatic hydroxyl groups is 1. The predicted octanol–water partition coefficient (Wildman–Crippen LogP) is 4.68. The Morgan fingerprint density at radius 1 is 1.14 bits per heavy atom. The normalized spacial score (nSPS) is 21.2. The van der Waals surface area contributed by atoms with Gasteiger partial charge in [0.05, 0.1) is 12.2 Å². The second kappa shape index (κ2) is 10.6. The summed E-state index contributed by atoms with van der Waals surface area (Å²) in [6, 6.07) is 10.9. The molecule has 1 spiro atoms. The molecule has 44 heavy (non-hydrogen) atoms. The minimum atomic E-state index is -1.02. The van der Waals surface area contributed by atoms with Crippen LogP contribution in [-0.2, 0) is 18.6 Å². The number of nitrogens with zero attached hydrogens (tertiary/aromatic N) is 7. The lowest BCUT2D eigenvalue weighted by atomic mass is 9.72. The molecule has 1 saturated heterocycles. The van der Waals surface area contributed by atoms with Gasteiger partial charge in [-0.2, -0.15) is 4.98 Å². The summed E-state index contributed by atoms with van der Waals surface area (Å²) in [5.74, 6) is 0.932. The van der Waals surface area contributed by atoms with Crippen LogP contribution in [0.25, 0.3) is 16.9 Å². The lowest BCUT2D eigenvalue weighted by Crippen LogP contribution is -2.42. The number of rotatable bonds is 7. The first-order chi connectivity index (χ1) is 21.1. The molecule has 10 nitrogen and oxygen atoms in total. The highest BCUT2D eigenvalue weighted by molar-refractivity contribution is 5.77. The zero-order chi connectivity index (χ0) is 30.8. The van der Waals surface area contributed by atoms with E-state index in [1.54, 1.807) is 21.6 Å². The van der Waals surface area contributed by atoms with Crippen molar-refractivity contribution in [1.29, 1.82) is 0 Å². The average molecular weight is 595 g/mol. The number of pyridine rings is 1. The summed E-state index contributed by atoms with van der Waals surface area (Å²) in [5, 5.41) is 15.4. The largest absolute Gasteiger partial charge is 0.383 e. The summed E-state index contributed by atoms with van der Waals surface area (Å²) in [7, 11) is 4.33. The third-order valence-corrected chi connectivity index (χ3v) is 10.4. The molecule has 10 heteroatoms. The van der Waals surface area contributed by atoms with Gasteiger partial charge >= 0.3 is 0 Å². The fraction of sp³-hybridized carbons (Fsp3) is 0.471. The molecule has 1 aromatic carbocycles. The van der Waals surface area contributed by atoms with Crippen molar-refractivity contribution in [3.05, 3.63) is 76.4 Å². The predicted molar refractivity (Wildman–Crippen MR) is 174 cm³/mol. The molecular formula is C34H42N8O2. The molecule has 2 N–H and O–H groups in total. The molecule has 2 fully saturated rings. The number of aryl methyl sites for hydroxylation is 2. The van der Waals surface area contributed by atoms with Gasteiger partial charge in [0.2, 0.25) is 5.95 Å². The van der Waals surface area contributed by atoms with E-state index in [-0.39, 0.29) is 17.5 Å². The van der Waals surface area contributed by atoms with Crippen molar-refractivity contribution in [2.75, 3.05) is 37.4 Å². The van der Waals surface area contributed by atoms with E-state index in [1.807, 2.05) is 19.1 Å². The van der Waals surface area contributed by atoms with Gasteiger partial charge in [-0.1, -0.05) is 12.1 Å². The van der Waals surface area contributed by atoms with Gasteiger partial charge in [0.1, 0.15) is 11.0 Å². The van der Waals surface area contributed by atoms with Crippen LogP contribution in [0.3, 0.4) is 0 Å². The van der Waals surface area contributed by atoms with Gasteiger partial charge < -0.3 is 20.2 Å². The molecule has 7 rings (SSSR count). The fourth-order valence-corrected chi connectivity index (χ4v) is 7.42. The Balaban J connectivity index is 1.22. The van der Waals surface area contributed by atoms with E-state index in [9.17, 15) is 9.90 Å². The summed E-state index contributed by atoms with van der Waals surface area (Å²) in [5.41, 5.74) is 4.21. The molecule has 1 aliphatic heterocycles. The molecule has 0 radical (unpaired) electrons. The number of fused-ring (bicyclic) bond motifs is 2. The molecule has 3 aromatic heterocycles. The van der Waals surface area contributed by atoms with E-state index >= 15 is 0 Å². The van der Waals surface area contributed by atoms with Crippen molar-refractivity contribution in [1.82, 2.24) is 29.2 Å². The third-order valence-electron chi connectivity index (χ3n) is 10.4. The second-order valence-electron chi connectivity index (χ2n) is 13.3. The van der Waals surface area contributed by atoms with Crippen molar-refractivity contribution in [2.45, 2.75) is 70.6 Å². The number of aromatic nitrogens is 5. The molecule has 3 aliphatic rings. The smallest absolute Gasteiger partial charge is 0.278 e. The molecule has 4 aromatic rings. The summed E-state index contributed by atoms with van der Waals surface area (Å²) >= 11 is 0. The highest BCUT2D eigenvalue weighted by Gasteiger charge is 2.59. The van der Waals surface area contributed by atoms with Crippen LogP contribution in [0, 0.1) is 12.3 Å². The minimum Gasteiger partial charge on any atom is -0.383 e. The summed E-state index contributed by atoms with van der Waals surface area (Å²) in [4.78, 5) is 32.7. The molecule has 1 atom stereocenters. The maximum absolute atomic E-state index is 13.5. The standard InChI is InChI=1S/C34H42N8O2/c1-6-17-41-31(43)26-21-35-32(36-24-8-9-27(22(2)20-24)40-18-12-25(13-19-40)39(4)5)38-30(26)42(41)28-10-7-23-11-14-34(15-16-34)33(3,44)29(23)37-28/h6-10,20-21,25,44H,1,11-19H2,2-5H3,(H,35,36,38)/t33-/m1/s1. The summed E-state index contributed by atoms with van der Waals surface area (Å²) in [6.45, 7) is 10.3. The fourth-order valence-electron chi connectivity index (χ4n) is 7.42. The number of piperidine rings is 1. The molecule has 0 bridgehead atoms. The van der Waals surface area contributed by atoms with Crippen LogP contribution >= 0.6 is 0 Å². The average Bonchev–Trinajstić information content (AvgIpc) is 3.76. The van der Waals surface area contributed by atoms with Gasteiger partial charge in [-0.15, -0.1) is 6.58 Å². The first-order valence-corrected chi connectivity index (χ1v) is 15.7. The van der Waals surface area contributed by atoms with Gasteiger partial charge in [0, 0.05) is 42.1 Å². The molecule has 0 amide bonds. The van der Waals surface area contributed by atoms with Crippen LogP contribution < -0.4 is 15.8 Å². The van der Waals surface area contributed by atoms with E-state index in [0.717, 1.165) is 62.9 Å². The van der Waals surface area contributed by atoms with E-state index in [0.29, 0.717) is 34.5 Å². The zero-order valence-electron chi connectivity index (χ0n) is 26.2. The molecule has 4 heterocycles. The van der Waals surface area contributed by atoms with Crippen LogP contribution in [-0.4, -0.2) is 67.5 Å². The zero-order valence-corrected chi connectivity index (χ0v) is 26.2. The van der Waals surface area contributed by atoms with Gasteiger partial charge in [-0.05, 0) is 102 Å². The number of anilines is 3. The number of hydrogen-bond donors (Lipinski definition) is 2. The maximum atomic E-state index is 13.5. The number of allylic oxidation sites excluding steroid dienone is 1. The van der Waals surface area contributed by atoms with Crippen LogP contribution in [0.15, 0.2) is 54.0 Å². The van der Waals surface area contributed by atoms with Gasteiger partial charge in [-0.25, -0.2) is 19.3 Å². The maximum Gasteiger partial charge on any atom is 0.278 e. The summed E-state index contributed by atoms with van der Waals surface area (Å²) < 4.78 is 3.32. The van der Waals surface area contributed by atoms with Crippen molar-refractivity contribution >= 4 is 28.4 Å². The highest BCUT2D eigenvalue weighted by Crippen LogP contribution is 2.63. The quantitative estimate of drug-likeness (QED) is 0.298.